The minimum Gasteiger partial charge on any atom is -0.494 e. The largest absolute Gasteiger partial charge is 0.494 e. The number of carbonyl (C=O) groups excluding carboxylic acids is 1. The summed E-state index contributed by atoms with van der Waals surface area (Å²) >= 11 is 0. The fourth-order valence-electron chi connectivity index (χ4n) is 3.60. The quantitative estimate of drug-likeness (QED) is 0.795. The maximum atomic E-state index is 12.7. The summed E-state index contributed by atoms with van der Waals surface area (Å²) in [7, 11) is 3.66. The van der Waals surface area contributed by atoms with Gasteiger partial charge in [-0.3, -0.25) is 9.69 Å². The standard InChI is InChI=1S/C16H20N6O2/c1-20-9-13-17-4-6-21(13)10-16(20)3-5-22(11-16)15(23)14-18-7-12(24-2)8-19-14/h4,6-8H,3,5,9-11H2,1-2H3. The first-order valence-corrected chi connectivity index (χ1v) is 7.98. The molecule has 0 saturated carbocycles. The minimum atomic E-state index is -0.126. The van der Waals surface area contributed by atoms with Crippen LogP contribution in [0.4, 0.5) is 0 Å². The molecule has 1 amide bonds. The molecule has 8 nitrogen and oxygen atoms in total. The predicted octanol–water partition coefficient (Wildman–Crippen LogP) is 0.412. The SMILES string of the molecule is COc1cnc(C(=O)N2CCC3(C2)Cn2ccnc2CN3C)nc1. The highest BCUT2D eigenvalue weighted by Gasteiger charge is 2.46. The summed E-state index contributed by atoms with van der Waals surface area (Å²) < 4.78 is 7.23. The Hall–Kier alpha value is -2.48. The number of likely N-dealkylation sites (tertiary alicyclic amines) is 1. The second-order valence-electron chi connectivity index (χ2n) is 6.47. The van der Waals surface area contributed by atoms with Gasteiger partial charge in [-0.05, 0) is 13.5 Å². The number of ether oxygens (including phenoxy) is 1. The van der Waals surface area contributed by atoms with Crippen molar-refractivity contribution in [3.05, 3.63) is 36.4 Å². The summed E-state index contributed by atoms with van der Waals surface area (Å²) in [5.74, 6) is 1.71. The number of hydrogen-bond donors (Lipinski definition) is 0. The number of nitrogens with zero attached hydrogens (tertiary/aromatic N) is 6. The van der Waals surface area contributed by atoms with Crippen LogP contribution >= 0.6 is 0 Å². The molecule has 0 aliphatic carbocycles. The highest BCUT2D eigenvalue weighted by atomic mass is 16.5. The van der Waals surface area contributed by atoms with Crippen LogP contribution in [0.3, 0.4) is 0 Å². The Morgan fingerprint density at radius 3 is 2.79 bits per heavy atom. The summed E-state index contributed by atoms with van der Waals surface area (Å²) in [5, 5.41) is 0. The molecule has 0 N–H and O–H groups in total. The molecule has 1 spiro atoms. The number of fused-ring (bicyclic) bond motifs is 1. The van der Waals surface area contributed by atoms with Crippen LogP contribution in [0.25, 0.3) is 0 Å². The van der Waals surface area contributed by atoms with Gasteiger partial charge in [0.15, 0.2) is 5.75 Å². The molecule has 1 saturated heterocycles. The van der Waals surface area contributed by atoms with Crippen molar-refractivity contribution in [3.8, 4) is 5.75 Å². The smallest absolute Gasteiger partial charge is 0.291 e. The molecule has 2 aromatic heterocycles. The van der Waals surface area contributed by atoms with Crippen LogP contribution in [0, 0.1) is 0 Å². The van der Waals surface area contributed by atoms with Gasteiger partial charge in [-0.15, -0.1) is 0 Å². The van der Waals surface area contributed by atoms with Crippen LogP contribution in [0.15, 0.2) is 24.8 Å². The Balaban J connectivity index is 1.52. The first-order valence-electron chi connectivity index (χ1n) is 7.98. The molecule has 1 fully saturated rings. The molecule has 24 heavy (non-hydrogen) atoms. The van der Waals surface area contributed by atoms with Crippen molar-refractivity contribution in [1.29, 1.82) is 0 Å². The van der Waals surface area contributed by atoms with Crippen molar-refractivity contribution in [2.24, 2.45) is 0 Å². The lowest BCUT2D eigenvalue weighted by Gasteiger charge is -2.42. The van der Waals surface area contributed by atoms with Gasteiger partial charge in [-0.25, -0.2) is 15.0 Å². The average molecular weight is 328 g/mol. The van der Waals surface area contributed by atoms with Gasteiger partial charge < -0.3 is 14.2 Å². The van der Waals surface area contributed by atoms with Crippen LogP contribution in [0.2, 0.25) is 0 Å². The number of imidazole rings is 1. The molecule has 126 valence electrons. The van der Waals surface area contributed by atoms with Crippen molar-refractivity contribution < 1.29 is 9.53 Å². The van der Waals surface area contributed by atoms with Gasteiger partial charge >= 0.3 is 0 Å². The third-order valence-electron chi connectivity index (χ3n) is 5.13. The molecular formula is C16H20N6O2. The highest BCUT2D eigenvalue weighted by molar-refractivity contribution is 5.90. The van der Waals surface area contributed by atoms with Crippen LogP contribution in [0.1, 0.15) is 22.9 Å². The summed E-state index contributed by atoms with van der Waals surface area (Å²) in [6, 6.07) is 0. The Labute approximate surface area is 140 Å². The number of aromatic nitrogens is 4. The van der Waals surface area contributed by atoms with Crippen LogP contribution in [-0.2, 0) is 13.1 Å². The molecular weight excluding hydrogens is 308 g/mol. The molecule has 1 unspecified atom stereocenters. The highest BCUT2D eigenvalue weighted by Crippen LogP contribution is 2.33. The number of hydrogen-bond acceptors (Lipinski definition) is 6. The Morgan fingerprint density at radius 1 is 1.25 bits per heavy atom. The lowest BCUT2D eigenvalue weighted by atomic mass is 9.94. The summed E-state index contributed by atoms with van der Waals surface area (Å²) in [6.45, 7) is 3.04. The second kappa shape index (κ2) is 5.55. The summed E-state index contributed by atoms with van der Waals surface area (Å²) in [4.78, 5) is 29.5. The molecule has 0 bridgehead atoms. The van der Waals surface area contributed by atoms with E-state index in [0.717, 1.165) is 25.3 Å². The number of rotatable bonds is 2. The van der Waals surface area contributed by atoms with Crippen LogP contribution < -0.4 is 4.74 Å². The van der Waals surface area contributed by atoms with E-state index in [2.05, 4.69) is 31.5 Å². The van der Waals surface area contributed by atoms with Crippen molar-refractivity contribution in [2.45, 2.75) is 25.0 Å². The van der Waals surface area contributed by atoms with Crippen molar-refractivity contribution >= 4 is 5.91 Å². The third-order valence-corrected chi connectivity index (χ3v) is 5.13. The molecule has 4 rings (SSSR count). The van der Waals surface area contributed by atoms with Gasteiger partial charge in [0.25, 0.3) is 5.91 Å². The molecule has 8 heteroatoms. The van der Waals surface area contributed by atoms with E-state index in [4.69, 9.17) is 4.74 Å². The lowest BCUT2D eigenvalue weighted by Crippen LogP contribution is -2.54. The van der Waals surface area contributed by atoms with Gasteiger partial charge in [-0.1, -0.05) is 0 Å². The first-order chi connectivity index (χ1) is 11.6. The lowest BCUT2D eigenvalue weighted by molar-refractivity contribution is 0.0577. The van der Waals surface area contributed by atoms with Gasteiger partial charge in [0, 0.05) is 32.0 Å². The predicted molar refractivity (Wildman–Crippen MR) is 85.5 cm³/mol. The van der Waals surface area contributed by atoms with Gasteiger partial charge in [-0.2, -0.15) is 0 Å². The van der Waals surface area contributed by atoms with E-state index >= 15 is 0 Å². The Kier molecular flexibility index (Phi) is 3.49. The Bertz CT molecular complexity index is 758. The summed E-state index contributed by atoms with van der Waals surface area (Å²) in [5.41, 5.74) is -0.0458. The molecule has 2 aliphatic rings. The number of methoxy groups -OCH3 is 1. The Morgan fingerprint density at radius 2 is 2.04 bits per heavy atom. The minimum absolute atomic E-state index is 0.0458. The van der Waals surface area contributed by atoms with Crippen molar-refractivity contribution in [2.75, 3.05) is 27.2 Å². The molecule has 0 aromatic carbocycles. The zero-order valence-electron chi connectivity index (χ0n) is 13.8. The van der Waals surface area contributed by atoms with E-state index in [1.807, 2.05) is 17.3 Å². The second-order valence-corrected chi connectivity index (χ2v) is 6.47. The maximum absolute atomic E-state index is 12.7. The normalized spacial score (nSPS) is 23.5. The van der Waals surface area contributed by atoms with Gasteiger partial charge in [0.1, 0.15) is 5.82 Å². The topological polar surface area (TPSA) is 76.4 Å². The van der Waals surface area contributed by atoms with E-state index in [0.29, 0.717) is 18.8 Å². The van der Waals surface area contributed by atoms with Gasteiger partial charge in [0.05, 0.1) is 31.6 Å². The molecule has 0 radical (unpaired) electrons. The monoisotopic (exact) mass is 328 g/mol. The van der Waals surface area contributed by atoms with Crippen LogP contribution in [0.5, 0.6) is 5.75 Å². The molecule has 4 heterocycles. The molecule has 2 aliphatic heterocycles. The molecule has 2 aromatic rings. The number of carbonyl (C=O) groups is 1. The fourth-order valence-corrected chi connectivity index (χ4v) is 3.60. The summed E-state index contributed by atoms with van der Waals surface area (Å²) in [6.07, 6.45) is 7.84. The number of amides is 1. The van der Waals surface area contributed by atoms with E-state index in [1.54, 1.807) is 7.11 Å². The van der Waals surface area contributed by atoms with Crippen molar-refractivity contribution in [3.63, 3.8) is 0 Å². The zero-order chi connectivity index (χ0) is 16.7. The van der Waals surface area contributed by atoms with E-state index in [1.165, 1.54) is 12.4 Å². The zero-order valence-corrected chi connectivity index (χ0v) is 13.8. The van der Waals surface area contributed by atoms with Crippen LogP contribution in [-0.4, -0.2) is 68.0 Å². The van der Waals surface area contributed by atoms with Crippen molar-refractivity contribution in [1.82, 2.24) is 29.3 Å². The average Bonchev–Trinajstić information content (AvgIpc) is 3.23. The molecule has 1 atom stereocenters. The van der Waals surface area contributed by atoms with Gasteiger partial charge in [0.2, 0.25) is 5.82 Å². The van der Waals surface area contributed by atoms with E-state index in [9.17, 15) is 4.79 Å². The van der Waals surface area contributed by atoms with E-state index in [-0.39, 0.29) is 17.3 Å². The van der Waals surface area contributed by atoms with E-state index < -0.39 is 0 Å². The maximum Gasteiger partial charge on any atom is 0.291 e. The third kappa shape index (κ3) is 2.34. The first kappa shape index (κ1) is 15.1. The fraction of sp³-hybridized carbons (Fsp3) is 0.500. The number of likely N-dealkylation sites (N-methyl/N-ethyl adjacent to an activating group) is 1.